The van der Waals surface area contributed by atoms with E-state index in [1.165, 1.54) is 84.6 Å². The molecule has 76 heavy (non-hydrogen) atoms. The molecule has 6 aromatic rings. The maximum absolute atomic E-state index is 6.50. The summed E-state index contributed by atoms with van der Waals surface area (Å²) in [5.74, 6) is 2.87. The number of aryl methyl sites for hydroxylation is 2. The number of rotatable bonds is 19. The molecule has 6 aromatic heterocycles. The van der Waals surface area contributed by atoms with Crippen molar-refractivity contribution in [2.75, 3.05) is 113 Å². The number of nitrogens with one attached hydrogen (secondary N) is 2. The van der Waals surface area contributed by atoms with Gasteiger partial charge in [0.1, 0.15) is 11.0 Å². The predicted octanol–water partition coefficient (Wildman–Crippen LogP) is 9.42. The molecule has 10 heterocycles. The first kappa shape index (κ1) is 50.6. The van der Waals surface area contributed by atoms with Crippen molar-refractivity contribution in [3.05, 3.63) is 83.2 Å². The molecule has 4 saturated heterocycles. The van der Waals surface area contributed by atoms with Gasteiger partial charge in [0.25, 0.3) is 11.8 Å². The Morgan fingerprint density at radius 1 is 0.539 bits per heavy atom. The van der Waals surface area contributed by atoms with Crippen LogP contribution in [0.4, 0.5) is 22.7 Å². The lowest BCUT2D eigenvalue weighted by molar-refractivity contribution is 0.251. The number of piperidine rings is 2. The summed E-state index contributed by atoms with van der Waals surface area (Å²) in [6.45, 7) is 11.7. The summed E-state index contributed by atoms with van der Waals surface area (Å²) in [5, 5.41) is 8.02. The third-order valence-electron chi connectivity index (χ3n) is 17.2. The van der Waals surface area contributed by atoms with Crippen LogP contribution < -0.4 is 39.4 Å². The number of likely N-dealkylation sites (tertiary alicyclic amines) is 2. The molecule has 0 amide bonds. The highest BCUT2D eigenvalue weighted by Crippen LogP contribution is 2.41. The molecule has 0 bridgehead atoms. The zero-order valence-corrected chi connectivity index (χ0v) is 45.0. The lowest BCUT2D eigenvalue weighted by Gasteiger charge is -2.35. The molecule has 16 heteroatoms. The van der Waals surface area contributed by atoms with Crippen LogP contribution in [0, 0.1) is 0 Å². The third kappa shape index (κ3) is 11.3. The summed E-state index contributed by atoms with van der Waals surface area (Å²) in [6, 6.07) is 11.4. The summed E-state index contributed by atoms with van der Waals surface area (Å²) >= 11 is 0. The lowest BCUT2D eigenvalue weighted by Crippen LogP contribution is -2.39. The first-order valence-corrected chi connectivity index (χ1v) is 28.9. The zero-order valence-electron chi connectivity index (χ0n) is 45.0. The second kappa shape index (κ2) is 23.5. The molecule has 1 unspecified atom stereocenters. The molecule has 2 N–H and O–H groups in total. The molecule has 0 radical (unpaired) electrons. The molecule has 16 nitrogen and oxygen atoms in total. The van der Waals surface area contributed by atoms with Gasteiger partial charge >= 0.3 is 0 Å². The van der Waals surface area contributed by atoms with Crippen LogP contribution in [-0.2, 0) is 25.7 Å². The van der Waals surface area contributed by atoms with Gasteiger partial charge in [0.2, 0.25) is 0 Å². The quantitative estimate of drug-likeness (QED) is 0.0585. The Balaban J connectivity index is 0.639. The second-order valence-electron chi connectivity index (χ2n) is 22.2. The smallest absolute Gasteiger partial charge is 0.257 e. The molecular weight excluding hydrogens is 953 g/mol. The average Bonchev–Trinajstić information content (AvgIpc) is 4.25. The normalized spacial score (nSPS) is 19.7. The van der Waals surface area contributed by atoms with Gasteiger partial charge in [-0.25, -0.2) is 9.97 Å². The monoisotopic (exact) mass is 1030 g/mol. The minimum Gasteiger partial charge on any atom is -0.488 e. The van der Waals surface area contributed by atoms with E-state index in [0.717, 1.165) is 163 Å². The van der Waals surface area contributed by atoms with Crippen molar-refractivity contribution in [1.29, 1.82) is 0 Å². The molecule has 0 spiro atoms. The minimum atomic E-state index is 0.336. The molecule has 2 aliphatic carbocycles. The van der Waals surface area contributed by atoms with Crippen LogP contribution in [0.1, 0.15) is 117 Å². The van der Waals surface area contributed by atoms with E-state index in [1.54, 1.807) is 14.2 Å². The van der Waals surface area contributed by atoms with Crippen molar-refractivity contribution in [2.24, 2.45) is 0 Å². The Morgan fingerprint density at radius 2 is 1.11 bits per heavy atom. The van der Waals surface area contributed by atoms with E-state index >= 15 is 0 Å². The van der Waals surface area contributed by atoms with Crippen molar-refractivity contribution < 1.29 is 18.9 Å². The molecule has 4 fully saturated rings. The lowest BCUT2D eigenvalue weighted by atomic mass is 9.99. The van der Waals surface area contributed by atoms with Gasteiger partial charge in [-0.05, 0) is 163 Å². The maximum Gasteiger partial charge on any atom is 0.257 e. The Bertz CT molecular complexity index is 2940. The van der Waals surface area contributed by atoms with Gasteiger partial charge < -0.3 is 49.2 Å². The summed E-state index contributed by atoms with van der Waals surface area (Å²) in [7, 11) is 3.38. The van der Waals surface area contributed by atoms with E-state index < -0.39 is 0 Å². The average molecular weight is 1030 g/mol. The molecule has 12 rings (SSSR count). The highest BCUT2D eigenvalue weighted by atomic mass is 16.5. The molecule has 1 atom stereocenters. The highest BCUT2D eigenvalue weighted by molar-refractivity contribution is 5.93. The summed E-state index contributed by atoms with van der Waals surface area (Å²) in [6.07, 6.45) is 26.4. The number of ether oxygens (including phenoxy) is 4. The molecule has 4 aliphatic heterocycles. The van der Waals surface area contributed by atoms with E-state index in [9.17, 15) is 0 Å². The SMILES string of the molecule is COc1nc2c(NC3CCN(c4ccncc4)CC3)c3c(nc2cc1OCCCN1CCC(c2cncc(N4CCC(Nc5c6c(nc7cc(OCCCN8CCCC8)c(OC)nc57)CCC6)CC4)c2)C1)CCCCC3. The third-order valence-corrected chi connectivity index (χ3v) is 17.2. The van der Waals surface area contributed by atoms with E-state index in [-0.39, 0.29) is 0 Å². The summed E-state index contributed by atoms with van der Waals surface area (Å²) in [5.41, 5.74) is 14.7. The number of pyridine rings is 6. The van der Waals surface area contributed by atoms with Gasteiger partial charge in [-0.15, -0.1) is 0 Å². The first-order chi connectivity index (χ1) is 37.5. The molecule has 402 valence electrons. The van der Waals surface area contributed by atoms with Crippen LogP contribution in [0.3, 0.4) is 0 Å². The van der Waals surface area contributed by atoms with Crippen LogP contribution in [0.25, 0.3) is 22.1 Å². The number of fused-ring (bicyclic) bond motifs is 4. The van der Waals surface area contributed by atoms with Gasteiger partial charge in [-0.1, -0.05) is 6.42 Å². The van der Waals surface area contributed by atoms with Crippen molar-refractivity contribution in [1.82, 2.24) is 39.7 Å². The highest BCUT2D eigenvalue weighted by Gasteiger charge is 2.30. The van der Waals surface area contributed by atoms with Gasteiger partial charge in [-0.3, -0.25) is 19.9 Å². The van der Waals surface area contributed by atoms with Gasteiger partial charge in [0.15, 0.2) is 11.5 Å². The first-order valence-electron chi connectivity index (χ1n) is 28.9. The van der Waals surface area contributed by atoms with Crippen molar-refractivity contribution in [2.45, 2.75) is 127 Å². The number of methoxy groups -OCH3 is 2. The topological polar surface area (TPSA) is 151 Å². The van der Waals surface area contributed by atoms with Crippen LogP contribution in [0.5, 0.6) is 23.3 Å². The number of nitrogens with zero attached hydrogens (tertiary/aromatic N) is 10. The Hall–Kier alpha value is -6.26. The molecule has 0 saturated carbocycles. The van der Waals surface area contributed by atoms with E-state index in [0.29, 0.717) is 54.5 Å². The van der Waals surface area contributed by atoms with Crippen LogP contribution in [0.2, 0.25) is 0 Å². The number of aromatic nitrogens is 6. The van der Waals surface area contributed by atoms with Gasteiger partial charge in [-0.2, -0.15) is 0 Å². The maximum atomic E-state index is 6.50. The Labute approximate surface area is 448 Å². The van der Waals surface area contributed by atoms with Crippen LogP contribution >= 0.6 is 0 Å². The minimum absolute atomic E-state index is 0.336. The molecular formula is C60H78N12O4. The summed E-state index contributed by atoms with van der Waals surface area (Å²) in [4.78, 5) is 39.7. The van der Waals surface area contributed by atoms with Crippen LogP contribution in [0.15, 0.2) is 55.1 Å². The number of hydrogen-bond acceptors (Lipinski definition) is 16. The van der Waals surface area contributed by atoms with Gasteiger partial charge in [0, 0.05) is 106 Å². The molecule has 0 aromatic carbocycles. The van der Waals surface area contributed by atoms with Gasteiger partial charge in [0.05, 0.1) is 61.7 Å². The Morgan fingerprint density at radius 3 is 1.72 bits per heavy atom. The van der Waals surface area contributed by atoms with Crippen molar-refractivity contribution >= 4 is 44.8 Å². The van der Waals surface area contributed by atoms with E-state index in [4.69, 9.17) is 43.9 Å². The van der Waals surface area contributed by atoms with E-state index in [1.807, 2.05) is 12.4 Å². The second-order valence-corrected chi connectivity index (χ2v) is 22.2. The predicted molar refractivity (Wildman–Crippen MR) is 301 cm³/mol. The number of hydrogen-bond donors (Lipinski definition) is 2. The molecule has 6 aliphatic rings. The fourth-order valence-electron chi connectivity index (χ4n) is 13.1. The fourth-order valence-corrected chi connectivity index (χ4v) is 13.1. The number of anilines is 4. The van der Waals surface area contributed by atoms with E-state index in [2.05, 4.69) is 77.9 Å². The summed E-state index contributed by atoms with van der Waals surface area (Å²) < 4.78 is 24.6. The standard InChI is InChI=1S/C60H78N12O4/c1-73-59-53(75-33-9-26-69-24-6-7-25-69)37-52-58(68-59)56(48-12-8-14-50(48)66-52)64-44-20-31-72(32-21-44)46-35-42(38-62-39-46)41-17-28-70(40-41)27-10-34-76-54-36-51-57(67-60(54)74-2)55(47-11-4-3-5-13-49(47)65-51)63-43-18-29-71(30-19-43)45-15-22-61-23-16-45/h15-16,22-23,35-39,41,43-44H,3-14,17-21,24-34,40H2,1-2H3,(H,63,65)(H,64,66). The zero-order chi connectivity index (χ0) is 51.2. The van der Waals surface area contributed by atoms with Crippen LogP contribution in [-0.4, -0.2) is 145 Å². The van der Waals surface area contributed by atoms with Crippen molar-refractivity contribution in [3.63, 3.8) is 0 Å². The van der Waals surface area contributed by atoms with Crippen molar-refractivity contribution in [3.8, 4) is 23.3 Å². The largest absolute Gasteiger partial charge is 0.488 e. The Kier molecular flexibility index (Phi) is 15.7. The fraction of sp³-hybridized carbons (Fsp3) is 0.567.